The quantitative estimate of drug-likeness (QED) is 0.639. The molecule has 0 aliphatic carbocycles. The predicted molar refractivity (Wildman–Crippen MR) is 59.1 cm³/mol. The van der Waals surface area contributed by atoms with Crippen molar-refractivity contribution in [3.05, 3.63) is 0 Å². The largest absolute Gasteiger partial charge is 0.379 e. The van der Waals surface area contributed by atoms with Crippen molar-refractivity contribution >= 4 is 0 Å². The highest BCUT2D eigenvalue weighted by atomic mass is 16.5. The standard InChI is InChI=1S/C11H22N2O2/c1-2-11(15-6-1)8-12-4-3-10-9-14-7-5-13-10/h10-13H,1-9H2. The third kappa shape index (κ3) is 4.07. The van der Waals surface area contributed by atoms with Gasteiger partial charge in [0.25, 0.3) is 0 Å². The van der Waals surface area contributed by atoms with Crippen LogP contribution in [0, 0.1) is 0 Å². The Kier molecular flexibility index (Phi) is 4.86. The Morgan fingerprint density at radius 1 is 1.33 bits per heavy atom. The van der Waals surface area contributed by atoms with Crippen molar-refractivity contribution in [2.45, 2.75) is 31.4 Å². The van der Waals surface area contributed by atoms with E-state index in [4.69, 9.17) is 9.47 Å². The summed E-state index contributed by atoms with van der Waals surface area (Å²) in [4.78, 5) is 0. The first-order valence-electron chi connectivity index (χ1n) is 6.08. The van der Waals surface area contributed by atoms with E-state index < -0.39 is 0 Å². The van der Waals surface area contributed by atoms with E-state index >= 15 is 0 Å². The lowest BCUT2D eigenvalue weighted by molar-refractivity contribution is 0.0732. The molecule has 0 aromatic rings. The Balaban J connectivity index is 1.47. The summed E-state index contributed by atoms with van der Waals surface area (Å²) in [5.41, 5.74) is 0. The molecule has 2 atom stereocenters. The summed E-state index contributed by atoms with van der Waals surface area (Å²) in [5, 5.41) is 6.91. The molecule has 0 saturated carbocycles. The highest BCUT2D eigenvalue weighted by Crippen LogP contribution is 2.10. The third-order valence-corrected chi connectivity index (χ3v) is 3.06. The van der Waals surface area contributed by atoms with Crippen LogP contribution >= 0.6 is 0 Å². The van der Waals surface area contributed by atoms with E-state index in [9.17, 15) is 0 Å². The van der Waals surface area contributed by atoms with Crippen LogP contribution in [0.2, 0.25) is 0 Å². The molecule has 2 unspecified atom stereocenters. The van der Waals surface area contributed by atoms with Gasteiger partial charge in [0.15, 0.2) is 0 Å². The van der Waals surface area contributed by atoms with Crippen LogP contribution in [0.4, 0.5) is 0 Å². The molecule has 0 radical (unpaired) electrons. The van der Waals surface area contributed by atoms with E-state index in [1.54, 1.807) is 0 Å². The van der Waals surface area contributed by atoms with Crippen LogP contribution in [-0.4, -0.2) is 51.6 Å². The second kappa shape index (κ2) is 6.43. The summed E-state index contributed by atoms with van der Waals surface area (Å²) >= 11 is 0. The van der Waals surface area contributed by atoms with E-state index in [0.29, 0.717) is 12.1 Å². The molecule has 0 spiro atoms. The average Bonchev–Trinajstić information content (AvgIpc) is 2.79. The van der Waals surface area contributed by atoms with Gasteiger partial charge in [0.05, 0.1) is 19.3 Å². The molecule has 2 fully saturated rings. The molecule has 2 aliphatic rings. The lowest BCUT2D eigenvalue weighted by atomic mass is 10.2. The molecule has 2 aliphatic heterocycles. The molecule has 88 valence electrons. The summed E-state index contributed by atoms with van der Waals surface area (Å²) in [5.74, 6) is 0. The van der Waals surface area contributed by atoms with Gasteiger partial charge >= 0.3 is 0 Å². The first kappa shape index (κ1) is 11.3. The number of hydrogen-bond acceptors (Lipinski definition) is 4. The molecule has 2 rings (SSSR count). The first-order chi connectivity index (χ1) is 7.45. The highest BCUT2D eigenvalue weighted by Gasteiger charge is 2.15. The van der Waals surface area contributed by atoms with Crippen LogP contribution < -0.4 is 10.6 Å². The number of ether oxygens (including phenoxy) is 2. The molecular weight excluding hydrogens is 192 g/mol. The van der Waals surface area contributed by atoms with Crippen molar-refractivity contribution < 1.29 is 9.47 Å². The Bertz CT molecular complexity index is 166. The van der Waals surface area contributed by atoms with Crippen molar-refractivity contribution in [3.8, 4) is 0 Å². The number of hydrogen-bond donors (Lipinski definition) is 2. The Hall–Kier alpha value is -0.160. The van der Waals surface area contributed by atoms with E-state index in [1.165, 1.54) is 12.8 Å². The molecule has 0 aromatic carbocycles. The normalized spacial score (nSPS) is 32.0. The van der Waals surface area contributed by atoms with Crippen LogP contribution in [0.15, 0.2) is 0 Å². The van der Waals surface area contributed by atoms with Gasteiger partial charge in [0, 0.05) is 25.7 Å². The van der Waals surface area contributed by atoms with E-state index in [2.05, 4.69) is 10.6 Å². The lowest BCUT2D eigenvalue weighted by Gasteiger charge is -2.24. The van der Waals surface area contributed by atoms with Crippen molar-refractivity contribution in [1.82, 2.24) is 10.6 Å². The monoisotopic (exact) mass is 214 g/mol. The topological polar surface area (TPSA) is 42.5 Å². The maximum Gasteiger partial charge on any atom is 0.0700 e. The van der Waals surface area contributed by atoms with E-state index in [-0.39, 0.29) is 0 Å². The van der Waals surface area contributed by atoms with Gasteiger partial charge in [-0.05, 0) is 25.8 Å². The zero-order valence-electron chi connectivity index (χ0n) is 9.34. The molecule has 2 saturated heterocycles. The number of rotatable bonds is 5. The summed E-state index contributed by atoms with van der Waals surface area (Å²) in [6.07, 6.45) is 4.05. The minimum atomic E-state index is 0.459. The number of nitrogens with one attached hydrogen (secondary N) is 2. The van der Waals surface area contributed by atoms with Crippen LogP contribution in [0.25, 0.3) is 0 Å². The summed E-state index contributed by atoms with van der Waals surface area (Å²) in [6.45, 7) is 5.73. The second-order valence-electron chi connectivity index (χ2n) is 4.35. The molecule has 0 aromatic heterocycles. The fourth-order valence-electron chi connectivity index (χ4n) is 2.15. The summed E-state index contributed by atoms with van der Waals surface area (Å²) in [7, 11) is 0. The van der Waals surface area contributed by atoms with Gasteiger partial charge in [0.1, 0.15) is 0 Å². The van der Waals surface area contributed by atoms with Crippen LogP contribution in [-0.2, 0) is 9.47 Å². The van der Waals surface area contributed by atoms with Crippen molar-refractivity contribution in [2.75, 3.05) is 39.5 Å². The third-order valence-electron chi connectivity index (χ3n) is 3.06. The summed E-state index contributed by atoms with van der Waals surface area (Å²) < 4.78 is 10.9. The SMILES string of the molecule is C1COC(CNCCC2COCCN2)C1. The molecule has 2 N–H and O–H groups in total. The fraction of sp³-hybridized carbons (Fsp3) is 1.00. The Morgan fingerprint density at radius 2 is 2.33 bits per heavy atom. The van der Waals surface area contributed by atoms with E-state index in [1.807, 2.05) is 0 Å². The van der Waals surface area contributed by atoms with Crippen LogP contribution in [0.5, 0.6) is 0 Å². The second-order valence-corrected chi connectivity index (χ2v) is 4.35. The molecule has 4 heteroatoms. The van der Waals surface area contributed by atoms with Crippen LogP contribution in [0.3, 0.4) is 0 Å². The van der Waals surface area contributed by atoms with Crippen molar-refractivity contribution in [3.63, 3.8) is 0 Å². The lowest BCUT2D eigenvalue weighted by Crippen LogP contribution is -2.43. The van der Waals surface area contributed by atoms with Gasteiger partial charge in [-0.25, -0.2) is 0 Å². The first-order valence-corrected chi connectivity index (χ1v) is 6.08. The van der Waals surface area contributed by atoms with Gasteiger partial charge in [-0.1, -0.05) is 0 Å². The maximum absolute atomic E-state index is 5.54. The Labute approximate surface area is 91.7 Å². The van der Waals surface area contributed by atoms with Gasteiger partial charge in [-0.2, -0.15) is 0 Å². The smallest absolute Gasteiger partial charge is 0.0700 e. The van der Waals surface area contributed by atoms with Gasteiger partial charge < -0.3 is 20.1 Å². The molecule has 0 bridgehead atoms. The van der Waals surface area contributed by atoms with E-state index in [0.717, 1.165) is 45.9 Å². The van der Waals surface area contributed by atoms with Gasteiger partial charge in [-0.15, -0.1) is 0 Å². The van der Waals surface area contributed by atoms with Crippen molar-refractivity contribution in [1.29, 1.82) is 0 Å². The van der Waals surface area contributed by atoms with Gasteiger partial charge in [0.2, 0.25) is 0 Å². The molecular formula is C11H22N2O2. The minimum Gasteiger partial charge on any atom is -0.379 e. The van der Waals surface area contributed by atoms with Crippen molar-refractivity contribution in [2.24, 2.45) is 0 Å². The molecule has 2 heterocycles. The van der Waals surface area contributed by atoms with Gasteiger partial charge in [-0.3, -0.25) is 0 Å². The summed E-state index contributed by atoms with van der Waals surface area (Å²) in [6, 6.07) is 0.538. The molecule has 0 amide bonds. The average molecular weight is 214 g/mol. The maximum atomic E-state index is 5.54. The minimum absolute atomic E-state index is 0.459. The number of morpholine rings is 1. The Morgan fingerprint density at radius 3 is 3.07 bits per heavy atom. The van der Waals surface area contributed by atoms with Crippen LogP contribution in [0.1, 0.15) is 19.3 Å². The fourth-order valence-corrected chi connectivity index (χ4v) is 2.15. The molecule has 15 heavy (non-hydrogen) atoms. The zero-order valence-corrected chi connectivity index (χ0v) is 9.34. The zero-order chi connectivity index (χ0) is 10.3. The highest BCUT2D eigenvalue weighted by molar-refractivity contribution is 4.72. The predicted octanol–water partition coefficient (Wildman–Crippen LogP) is 0.134. The molecule has 4 nitrogen and oxygen atoms in total.